The zero-order chi connectivity index (χ0) is 20.3. The highest BCUT2D eigenvalue weighted by Crippen LogP contribution is 2.51. The number of pyridine rings is 1. The van der Waals surface area contributed by atoms with E-state index in [1.165, 1.54) is 12.3 Å². The molecule has 1 N–H and O–H groups in total. The van der Waals surface area contributed by atoms with E-state index in [9.17, 15) is 13.9 Å². The second-order valence-electron chi connectivity index (χ2n) is 7.10. The number of hydrogen-bond donors (Lipinski definition) is 1. The van der Waals surface area contributed by atoms with Gasteiger partial charge in [-0.3, -0.25) is 0 Å². The molecule has 2 aromatic rings. The topological polar surface area (TPSA) is 42.4 Å². The van der Waals surface area contributed by atoms with Crippen LogP contribution in [0, 0.1) is 11.6 Å². The SMILES string of the molecule is CCCCCCOc1ccc(C2CCc3c(cc(F)c(F)c3O)C2(F)F)cn1. The van der Waals surface area contributed by atoms with E-state index in [1.807, 2.05) is 0 Å². The molecule has 0 bridgehead atoms. The normalized spacial score (nSPS) is 18.0. The Bertz CT molecular complexity index is 824. The second kappa shape index (κ2) is 8.37. The number of rotatable bonds is 7. The van der Waals surface area contributed by atoms with Crippen molar-refractivity contribution in [1.82, 2.24) is 4.98 Å². The molecule has 3 nitrogen and oxygen atoms in total. The van der Waals surface area contributed by atoms with E-state index < -0.39 is 34.8 Å². The summed E-state index contributed by atoms with van der Waals surface area (Å²) in [6.07, 6.45) is 5.57. The first kappa shape index (κ1) is 20.4. The lowest BCUT2D eigenvalue weighted by Crippen LogP contribution is -2.30. The number of halogens is 4. The van der Waals surface area contributed by atoms with Crippen molar-refractivity contribution < 1.29 is 27.4 Å². The predicted molar refractivity (Wildman–Crippen MR) is 96.9 cm³/mol. The van der Waals surface area contributed by atoms with Gasteiger partial charge < -0.3 is 9.84 Å². The van der Waals surface area contributed by atoms with Gasteiger partial charge in [0.05, 0.1) is 12.5 Å². The number of phenolic OH excluding ortho intramolecular Hbond substituents is 1. The first-order valence-corrected chi connectivity index (χ1v) is 9.53. The molecule has 0 fully saturated rings. The molecule has 1 aliphatic carbocycles. The molecule has 1 heterocycles. The van der Waals surface area contributed by atoms with Gasteiger partial charge in [-0.05, 0) is 30.9 Å². The lowest BCUT2D eigenvalue weighted by Gasteiger charge is -2.34. The first-order chi connectivity index (χ1) is 13.4. The highest BCUT2D eigenvalue weighted by molar-refractivity contribution is 5.47. The van der Waals surface area contributed by atoms with E-state index in [-0.39, 0.29) is 18.4 Å². The Labute approximate surface area is 161 Å². The molecule has 0 saturated carbocycles. The molecule has 7 heteroatoms. The van der Waals surface area contributed by atoms with Gasteiger partial charge >= 0.3 is 0 Å². The second-order valence-corrected chi connectivity index (χ2v) is 7.10. The quantitative estimate of drug-likeness (QED) is 0.471. The van der Waals surface area contributed by atoms with Gasteiger partial charge in [-0.2, -0.15) is 4.39 Å². The maximum Gasteiger partial charge on any atom is 0.280 e. The van der Waals surface area contributed by atoms with Gasteiger partial charge in [0.1, 0.15) is 0 Å². The van der Waals surface area contributed by atoms with E-state index in [4.69, 9.17) is 4.74 Å². The number of ether oxygens (including phenoxy) is 1. The zero-order valence-corrected chi connectivity index (χ0v) is 15.7. The van der Waals surface area contributed by atoms with Crippen LogP contribution in [0.15, 0.2) is 24.4 Å². The molecule has 0 aliphatic heterocycles. The molecule has 0 amide bonds. The van der Waals surface area contributed by atoms with Crippen LogP contribution in [-0.2, 0) is 12.3 Å². The Hall–Kier alpha value is -2.31. The summed E-state index contributed by atoms with van der Waals surface area (Å²) in [5.41, 5.74) is -0.616. The molecule has 0 spiro atoms. The van der Waals surface area contributed by atoms with Gasteiger partial charge in [-0.25, -0.2) is 18.2 Å². The van der Waals surface area contributed by atoms with Crippen molar-refractivity contribution in [2.45, 2.75) is 57.3 Å². The molecule has 1 atom stereocenters. The monoisotopic (exact) mass is 397 g/mol. The molecule has 1 aliphatic rings. The summed E-state index contributed by atoms with van der Waals surface area (Å²) in [5, 5.41) is 9.71. The van der Waals surface area contributed by atoms with Gasteiger partial charge in [-0.1, -0.05) is 32.3 Å². The number of phenols is 1. The largest absolute Gasteiger partial charge is 0.505 e. The number of unbranched alkanes of at least 4 members (excludes halogenated alkanes) is 3. The number of aromatic nitrogens is 1. The first-order valence-electron chi connectivity index (χ1n) is 9.53. The third-order valence-corrected chi connectivity index (χ3v) is 5.19. The lowest BCUT2D eigenvalue weighted by molar-refractivity contribution is -0.0444. The van der Waals surface area contributed by atoms with Crippen LogP contribution in [-0.4, -0.2) is 16.7 Å². The highest BCUT2D eigenvalue weighted by Gasteiger charge is 2.48. The summed E-state index contributed by atoms with van der Waals surface area (Å²) in [6.45, 7) is 2.64. The highest BCUT2D eigenvalue weighted by atomic mass is 19.3. The summed E-state index contributed by atoms with van der Waals surface area (Å²) < 4.78 is 62.6. The Morgan fingerprint density at radius 2 is 2.00 bits per heavy atom. The van der Waals surface area contributed by atoms with Crippen molar-refractivity contribution in [3.05, 3.63) is 52.7 Å². The third kappa shape index (κ3) is 3.93. The number of aromatic hydroxyl groups is 1. The molecule has 152 valence electrons. The van der Waals surface area contributed by atoms with Crippen LogP contribution < -0.4 is 4.74 Å². The molecule has 0 radical (unpaired) electrons. The Balaban J connectivity index is 1.76. The maximum absolute atomic E-state index is 15.0. The molecule has 1 unspecified atom stereocenters. The van der Waals surface area contributed by atoms with E-state index in [0.29, 0.717) is 24.1 Å². The predicted octanol–water partition coefficient (Wildman–Crippen LogP) is 5.85. The van der Waals surface area contributed by atoms with Gasteiger partial charge in [-0.15, -0.1) is 0 Å². The molecule has 1 aromatic carbocycles. The van der Waals surface area contributed by atoms with Gasteiger partial charge in [0.2, 0.25) is 11.7 Å². The minimum absolute atomic E-state index is 0.0163. The molecule has 28 heavy (non-hydrogen) atoms. The van der Waals surface area contributed by atoms with Crippen molar-refractivity contribution in [3.63, 3.8) is 0 Å². The van der Waals surface area contributed by atoms with Crippen LogP contribution in [0.4, 0.5) is 17.6 Å². The smallest absolute Gasteiger partial charge is 0.280 e. The van der Waals surface area contributed by atoms with Crippen molar-refractivity contribution in [3.8, 4) is 11.6 Å². The van der Waals surface area contributed by atoms with E-state index >= 15 is 8.78 Å². The van der Waals surface area contributed by atoms with Crippen LogP contribution in [0.3, 0.4) is 0 Å². The maximum atomic E-state index is 15.0. The summed E-state index contributed by atoms with van der Waals surface area (Å²) >= 11 is 0. The van der Waals surface area contributed by atoms with Gasteiger partial charge in [0.25, 0.3) is 5.92 Å². The van der Waals surface area contributed by atoms with Crippen LogP contribution in [0.2, 0.25) is 0 Å². The Morgan fingerprint density at radius 1 is 1.21 bits per heavy atom. The fourth-order valence-corrected chi connectivity index (χ4v) is 3.62. The summed E-state index contributed by atoms with van der Waals surface area (Å²) in [7, 11) is 0. The van der Waals surface area contributed by atoms with Gasteiger partial charge in [0.15, 0.2) is 11.6 Å². The standard InChI is InChI=1S/C21H23F4NO2/c1-2-3-4-5-10-28-18-9-6-13(12-26-18)15-8-7-14-16(21(15,24)25)11-17(22)19(23)20(14)27/h6,9,11-12,15,27H,2-5,7-8,10H2,1H3. The van der Waals surface area contributed by atoms with E-state index in [2.05, 4.69) is 11.9 Å². The number of nitrogens with zero attached hydrogens (tertiary/aromatic N) is 1. The average Bonchev–Trinajstić information content (AvgIpc) is 2.67. The van der Waals surface area contributed by atoms with Crippen molar-refractivity contribution in [2.24, 2.45) is 0 Å². The summed E-state index contributed by atoms with van der Waals surface area (Å²) in [4.78, 5) is 4.10. The lowest BCUT2D eigenvalue weighted by atomic mass is 9.77. The molecular weight excluding hydrogens is 374 g/mol. The number of alkyl halides is 2. The molecule has 0 saturated heterocycles. The average molecular weight is 397 g/mol. The van der Waals surface area contributed by atoms with Crippen LogP contribution in [0.25, 0.3) is 0 Å². The van der Waals surface area contributed by atoms with Crippen molar-refractivity contribution in [1.29, 1.82) is 0 Å². The Morgan fingerprint density at radius 3 is 2.68 bits per heavy atom. The minimum atomic E-state index is -3.45. The Kier molecular flexibility index (Phi) is 6.10. The molecular formula is C21H23F4NO2. The van der Waals surface area contributed by atoms with Crippen LogP contribution >= 0.6 is 0 Å². The zero-order valence-electron chi connectivity index (χ0n) is 15.7. The number of benzene rings is 1. The van der Waals surface area contributed by atoms with Crippen LogP contribution in [0.5, 0.6) is 11.6 Å². The molecule has 3 rings (SSSR count). The fraction of sp³-hybridized carbons (Fsp3) is 0.476. The summed E-state index contributed by atoms with van der Waals surface area (Å²) in [5.74, 6) is -8.33. The van der Waals surface area contributed by atoms with Crippen molar-refractivity contribution >= 4 is 0 Å². The van der Waals surface area contributed by atoms with Crippen molar-refractivity contribution in [2.75, 3.05) is 6.61 Å². The fourth-order valence-electron chi connectivity index (χ4n) is 3.62. The van der Waals surface area contributed by atoms with Gasteiger partial charge in [0, 0.05) is 23.4 Å². The number of fused-ring (bicyclic) bond motifs is 1. The summed E-state index contributed by atoms with van der Waals surface area (Å²) in [6, 6.07) is 3.55. The molecule has 1 aromatic heterocycles. The minimum Gasteiger partial charge on any atom is -0.505 e. The van der Waals surface area contributed by atoms with E-state index in [1.54, 1.807) is 6.07 Å². The third-order valence-electron chi connectivity index (χ3n) is 5.19. The van der Waals surface area contributed by atoms with Crippen LogP contribution in [0.1, 0.15) is 61.6 Å². The number of hydrogen-bond acceptors (Lipinski definition) is 3. The van der Waals surface area contributed by atoms with E-state index in [0.717, 1.165) is 25.7 Å².